The van der Waals surface area contributed by atoms with Crippen LogP contribution >= 0.6 is 9.24 Å². The lowest BCUT2D eigenvalue weighted by Gasteiger charge is -2.43. The zero-order valence-electron chi connectivity index (χ0n) is 6.50. The van der Waals surface area contributed by atoms with Crippen molar-refractivity contribution in [2.24, 2.45) is 5.92 Å². The molecule has 0 aromatic rings. The van der Waals surface area contributed by atoms with Gasteiger partial charge in [-0.1, -0.05) is 0 Å². The summed E-state index contributed by atoms with van der Waals surface area (Å²) in [6, 6.07) is 0.466. The maximum absolute atomic E-state index is 11.1. The molecule has 1 heterocycles. The fraction of sp³-hybridized carbons (Fsp3) is 0.857. The van der Waals surface area contributed by atoms with Crippen molar-refractivity contribution >= 4 is 15.1 Å². The van der Waals surface area contributed by atoms with Gasteiger partial charge in [0.05, 0.1) is 5.92 Å². The molecular formula is C7H14NOP. The zero-order valence-corrected chi connectivity index (χ0v) is 7.66. The number of carbonyl (C=O) groups is 1. The van der Waals surface area contributed by atoms with Crippen LogP contribution in [0.3, 0.4) is 0 Å². The van der Waals surface area contributed by atoms with Crippen molar-refractivity contribution in [3.63, 3.8) is 0 Å². The molecule has 1 rings (SSSR count). The smallest absolute Gasteiger partial charge is 0.227 e. The maximum atomic E-state index is 11.1. The van der Waals surface area contributed by atoms with Crippen LogP contribution in [0.5, 0.6) is 0 Å². The van der Waals surface area contributed by atoms with Crippen molar-refractivity contribution in [1.29, 1.82) is 0 Å². The molecule has 3 heteroatoms. The van der Waals surface area contributed by atoms with E-state index >= 15 is 0 Å². The number of hydrogen-bond donors (Lipinski definition) is 0. The van der Waals surface area contributed by atoms with Crippen LogP contribution in [0.2, 0.25) is 0 Å². The molecule has 10 heavy (non-hydrogen) atoms. The van der Waals surface area contributed by atoms with Gasteiger partial charge in [-0.15, -0.1) is 9.24 Å². The average molecular weight is 159 g/mol. The molecule has 0 bridgehead atoms. The minimum Gasteiger partial charge on any atom is -0.342 e. The lowest BCUT2D eigenvalue weighted by Crippen LogP contribution is -2.57. The Labute approximate surface area is 64.2 Å². The molecule has 1 amide bonds. The van der Waals surface area contributed by atoms with Gasteiger partial charge in [0.15, 0.2) is 0 Å². The van der Waals surface area contributed by atoms with Crippen molar-refractivity contribution in [2.75, 3.05) is 13.2 Å². The van der Waals surface area contributed by atoms with Gasteiger partial charge in [-0.25, -0.2) is 0 Å². The van der Waals surface area contributed by atoms with Crippen molar-refractivity contribution in [3.05, 3.63) is 0 Å². The van der Waals surface area contributed by atoms with Crippen LogP contribution in [-0.4, -0.2) is 30.1 Å². The Morgan fingerprint density at radius 3 is 2.70 bits per heavy atom. The normalized spacial score (nSPS) is 32.3. The van der Waals surface area contributed by atoms with Gasteiger partial charge in [-0.3, -0.25) is 4.79 Å². The first kappa shape index (κ1) is 8.00. The molecule has 0 radical (unpaired) electrons. The Morgan fingerprint density at radius 1 is 1.70 bits per heavy atom. The molecule has 1 fully saturated rings. The highest BCUT2D eigenvalue weighted by Crippen LogP contribution is 2.27. The predicted molar refractivity (Wildman–Crippen MR) is 44.9 cm³/mol. The van der Waals surface area contributed by atoms with E-state index in [-0.39, 0.29) is 0 Å². The van der Waals surface area contributed by atoms with Crippen molar-refractivity contribution in [2.45, 2.75) is 19.4 Å². The first-order chi connectivity index (χ1) is 4.68. The second-order valence-corrected chi connectivity index (χ2v) is 3.45. The molecule has 1 saturated heterocycles. The fourth-order valence-electron chi connectivity index (χ4n) is 1.40. The van der Waals surface area contributed by atoms with Crippen LogP contribution in [0, 0.1) is 5.92 Å². The molecule has 0 spiro atoms. The third kappa shape index (κ3) is 1.05. The summed E-state index contributed by atoms with van der Waals surface area (Å²) >= 11 is 0. The number of carbonyl (C=O) groups excluding carboxylic acids is 1. The standard InChI is InChI=1S/C7H14NOP/c1-5-6(3-4-10)7(9)8(5)2/h5-6H,3-4,10H2,1-2H3. The third-order valence-corrected chi connectivity index (χ3v) is 2.67. The summed E-state index contributed by atoms with van der Waals surface area (Å²) in [4.78, 5) is 12.9. The Hall–Kier alpha value is -0.100. The van der Waals surface area contributed by atoms with Gasteiger partial charge >= 0.3 is 0 Å². The molecule has 1 aliphatic rings. The first-order valence-electron chi connectivity index (χ1n) is 3.65. The number of amides is 1. The summed E-state index contributed by atoms with van der Waals surface area (Å²) in [7, 11) is 4.53. The Bertz CT molecular complexity index is 149. The van der Waals surface area contributed by atoms with E-state index in [9.17, 15) is 4.79 Å². The fourth-order valence-corrected chi connectivity index (χ4v) is 1.76. The molecule has 0 aliphatic carbocycles. The molecule has 3 atom stereocenters. The summed E-state index contributed by atoms with van der Waals surface area (Å²) < 4.78 is 0. The predicted octanol–water partition coefficient (Wildman–Crippen LogP) is 0.728. The molecule has 0 aromatic carbocycles. The van der Waals surface area contributed by atoms with Gasteiger partial charge < -0.3 is 4.90 Å². The number of nitrogens with zero attached hydrogens (tertiary/aromatic N) is 1. The topological polar surface area (TPSA) is 20.3 Å². The van der Waals surface area contributed by atoms with E-state index in [2.05, 4.69) is 16.2 Å². The molecule has 1 aliphatic heterocycles. The largest absolute Gasteiger partial charge is 0.342 e. The van der Waals surface area contributed by atoms with E-state index in [1.807, 2.05) is 11.9 Å². The van der Waals surface area contributed by atoms with E-state index in [1.165, 1.54) is 0 Å². The second kappa shape index (κ2) is 2.87. The highest BCUT2D eigenvalue weighted by molar-refractivity contribution is 7.16. The SMILES string of the molecule is CC1C(CCP)C(=O)N1C. The molecule has 2 nitrogen and oxygen atoms in total. The minimum atomic E-state index is 0.308. The number of β-lactam (4-membered cyclic amide) rings is 1. The Balaban J connectivity index is 2.42. The summed E-state index contributed by atoms with van der Waals surface area (Å²) in [5.74, 6) is 0.623. The summed E-state index contributed by atoms with van der Waals surface area (Å²) in [5, 5.41) is 0. The van der Waals surface area contributed by atoms with E-state index < -0.39 is 0 Å². The second-order valence-electron chi connectivity index (χ2n) is 2.87. The number of likely N-dealkylation sites (tertiary alicyclic amines) is 1. The van der Waals surface area contributed by atoms with E-state index in [0.717, 1.165) is 12.6 Å². The summed E-state index contributed by atoms with van der Waals surface area (Å²) in [6.07, 6.45) is 2.06. The first-order valence-corrected chi connectivity index (χ1v) is 4.47. The van der Waals surface area contributed by atoms with Crippen molar-refractivity contribution in [1.82, 2.24) is 4.90 Å². The van der Waals surface area contributed by atoms with E-state index in [1.54, 1.807) is 0 Å². The zero-order chi connectivity index (χ0) is 7.72. The molecule has 0 N–H and O–H groups in total. The summed E-state index contributed by atoms with van der Waals surface area (Å²) in [5.41, 5.74) is 0. The summed E-state index contributed by atoms with van der Waals surface area (Å²) in [6.45, 7) is 2.10. The maximum Gasteiger partial charge on any atom is 0.227 e. The van der Waals surface area contributed by atoms with Gasteiger partial charge in [0.1, 0.15) is 0 Å². The van der Waals surface area contributed by atoms with Gasteiger partial charge in [-0.05, 0) is 19.5 Å². The molecule has 0 aromatic heterocycles. The Kier molecular flexibility index (Phi) is 2.30. The van der Waals surface area contributed by atoms with Crippen LogP contribution in [0.15, 0.2) is 0 Å². The van der Waals surface area contributed by atoms with Gasteiger partial charge in [0.25, 0.3) is 0 Å². The van der Waals surface area contributed by atoms with Gasteiger partial charge in [0, 0.05) is 13.1 Å². The van der Waals surface area contributed by atoms with Crippen molar-refractivity contribution in [3.8, 4) is 0 Å². The lowest BCUT2D eigenvalue weighted by molar-refractivity contribution is -0.152. The lowest BCUT2D eigenvalue weighted by atomic mass is 9.87. The van der Waals surface area contributed by atoms with Crippen LogP contribution in [-0.2, 0) is 4.79 Å². The average Bonchev–Trinajstić information content (AvgIpc) is 1.98. The van der Waals surface area contributed by atoms with E-state index in [4.69, 9.17) is 0 Å². The van der Waals surface area contributed by atoms with Crippen molar-refractivity contribution < 1.29 is 4.79 Å². The quantitative estimate of drug-likeness (QED) is 0.429. The van der Waals surface area contributed by atoms with Crippen LogP contribution in [0.25, 0.3) is 0 Å². The molecule has 3 unspecified atom stereocenters. The third-order valence-electron chi connectivity index (χ3n) is 2.34. The highest BCUT2D eigenvalue weighted by Gasteiger charge is 2.40. The highest BCUT2D eigenvalue weighted by atomic mass is 31.0. The number of hydrogen-bond acceptors (Lipinski definition) is 1. The van der Waals surface area contributed by atoms with Crippen LogP contribution < -0.4 is 0 Å². The monoisotopic (exact) mass is 159 g/mol. The van der Waals surface area contributed by atoms with Gasteiger partial charge in [-0.2, -0.15) is 0 Å². The molecule has 0 saturated carbocycles. The van der Waals surface area contributed by atoms with Crippen LogP contribution in [0.4, 0.5) is 0 Å². The molecular weight excluding hydrogens is 145 g/mol. The minimum absolute atomic E-state index is 0.308. The molecule has 58 valence electrons. The van der Waals surface area contributed by atoms with Gasteiger partial charge in [0.2, 0.25) is 5.91 Å². The van der Waals surface area contributed by atoms with Crippen LogP contribution in [0.1, 0.15) is 13.3 Å². The van der Waals surface area contributed by atoms with E-state index in [0.29, 0.717) is 17.9 Å². The Morgan fingerprint density at radius 2 is 2.30 bits per heavy atom. The number of rotatable bonds is 2.